The third kappa shape index (κ3) is 2.37. The molecule has 1 aliphatic heterocycles. The number of aryl methyl sites for hydroxylation is 1. The van der Waals surface area contributed by atoms with Crippen LogP contribution in [0.1, 0.15) is 39.6 Å². The SMILES string of the molecule is Cc1cccc(C(Br)c2ccc3c(c2)CC(C)O3)c1C. The Balaban J connectivity index is 1.97. The van der Waals surface area contributed by atoms with Crippen molar-refractivity contribution in [3.05, 3.63) is 64.2 Å². The molecule has 0 bridgehead atoms. The summed E-state index contributed by atoms with van der Waals surface area (Å²) >= 11 is 3.86. The zero-order valence-electron chi connectivity index (χ0n) is 12.1. The predicted octanol–water partition coefficient (Wildman–Crippen LogP) is 5.11. The van der Waals surface area contributed by atoms with E-state index < -0.39 is 0 Å². The van der Waals surface area contributed by atoms with E-state index in [2.05, 4.69) is 73.1 Å². The van der Waals surface area contributed by atoms with Gasteiger partial charge in [0.05, 0.1) is 4.83 Å². The topological polar surface area (TPSA) is 9.23 Å². The van der Waals surface area contributed by atoms with Crippen LogP contribution in [0, 0.1) is 13.8 Å². The summed E-state index contributed by atoms with van der Waals surface area (Å²) < 4.78 is 5.77. The van der Waals surface area contributed by atoms with Crippen LogP contribution in [0.25, 0.3) is 0 Å². The van der Waals surface area contributed by atoms with E-state index in [1.165, 1.54) is 27.8 Å². The van der Waals surface area contributed by atoms with Crippen LogP contribution in [-0.4, -0.2) is 6.10 Å². The van der Waals surface area contributed by atoms with E-state index in [0.717, 1.165) is 12.2 Å². The second-order valence-corrected chi connectivity index (χ2v) is 6.57. The molecular formula is C18H19BrO. The first-order valence-corrected chi connectivity index (χ1v) is 7.97. The van der Waals surface area contributed by atoms with Gasteiger partial charge in [-0.25, -0.2) is 0 Å². The highest BCUT2D eigenvalue weighted by Gasteiger charge is 2.21. The van der Waals surface area contributed by atoms with E-state index in [-0.39, 0.29) is 4.83 Å². The molecule has 2 atom stereocenters. The Morgan fingerprint density at radius 3 is 2.80 bits per heavy atom. The summed E-state index contributed by atoms with van der Waals surface area (Å²) in [7, 11) is 0. The molecule has 0 aromatic heterocycles. The smallest absolute Gasteiger partial charge is 0.123 e. The number of alkyl halides is 1. The van der Waals surface area contributed by atoms with Crippen molar-refractivity contribution in [2.75, 3.05) is 0 Å². The van der Waals surface area contributed by atoms with E-state index in [9.17, 15) is 0 Å². The van der Waals surface area contributed by atoms with Gasteiger partial charge in [-0.3, -0.25) is 0 Å². The highest BCUT2D eigenvalue weighted by atomic mass is 79.9. The largest absolute Gasteiger partial charge is 0.490 e. The van der Waals surface area contributed by atoms with E-state index >= 15 is 0 Å². The molecule has 2 aromatic carbocycles. The fourth-order valence-electron chi connectivity index (χ4n) is 2.83. The Kier molecular flexibility index (Phi) is 3.59. The highest BCUT2D eigenvalue weighted by Crippen LogP contribution is 2.37. The minimum absolute atomic E-state index is 0.239. The van der Waals surface area contributed by atoms with E-state index in [1.807, 2.05) is 0 Å². The molecule has 2 unspecified atom stereocenters. The van der Waals surface area contributed by atoms with E-state index in [4.69, 9.17) is 4.74 Å². The Hall–Kier alpha value is -1.28. The third-order valence-corrected chi connectivity index (χ3v) is 5.15. The molecule has 0 spiro atoms. The zero-order chi connectivity index (χ0) is 14.3. The molecule has 1 aliphatic rings. The Morgan fingerprint density at radius 2 is 2.00 bits per heavy atom. The number of fused-ring (bicyclic) bond motifs is 1. The van der Waals surface area contributed by atoms with Crippen LogP contribution in [-0.2, 0) is 6.42 Å². The molecule has 2 heteroatoms. The number of ether oxygens (including phenoxy) is 1. The third-order valence-electron chi connectivity index (χ3n) is 4.13. The van der Waals surface area contributed by atoms with Crippen LogP contribution >= 0.6 is 15.9 Å². The van der Waals surface area contributed by atoms with E-state index in [0.29, 0.717) is 6.10 Å². The van der Waals surface area contributed by atoms with Crippen molar-refractivity contribution in [3.8, 4) is 5.75 Å². The zero-order valence-corrected chi connectivity index (χ0v) is 13.7. The van der Waals surface area contributed by atoms with Gasteiger partial charge in [-0.1, -0.05) is 46.3 Å². The molecule has 0 amide bonds. The fraction of sp³-hybridized carbons (Fsp3) is 0.333. The summed E-state index contributed by atoms with van der Waals surface area (Å²) in [4.78, 5) is 0.239. The Morgan fingerprint density at radius 1 is 1.20 bits per heavy atom. The Bertz CT molecular complexity index is 648. The van der Waals surface area contributed by atoms with Crippen molar-refractivity contribution in [2.45, 2.75) is 38.1 Å². The first-order valence-electron chi connectivity index (χ1n) is 7.06. The highest BCUT2D eigenvalue weighted by molar-refractivity contribution is 9.09. The van der Waals surface area contributed by atoms with Gasteiger partial charge in [0.1, 0.15) is 11.9 Å². The number of halogens is 1. The summed E-state index contributed by atoms with van der Waals surface area (Å²) in [5.74, 6) is 1.04. The van der Waals surface area contributed by atoms with Crippen LogP contribution in [0.4, 0.5) is 0 Å². The normalized spacial score (nSPS) is 18.5. The van der Waals surface area contributed by atoms with Crippen molar-refractivity contribution in [2.24, 2.45) is 0 Å². The molecule has 2 aromatic rings. The lowest BCUT2D eigenvalue weighted by atomic mass is 9.96. The maximum Gasteiger partial charge on any atom is 0.123 e. The molecular weight excluding hydrogens is 312 g/mol. The lowest BCUT2D eigenvalue weighted by Crippen LogP contribution is -2.05. The summed E-state index contributed by atoms with van der Waals surface area (Å²) in [6.07, 6.45) is 1.31. The van der Waals surface area contributed by atoms with Gasteiger partial charge in [0, 0.05) is 6.42 Å². The average Bonchev–Trinajstić information content (AvgIpc) is 2.80. The van der Waals surface area contributed by atoms with Crippen LogP contribution in [0.2, 0.25) is 0 Å². The minimum Gasteiger partial charge on any atom is -0.490 e. The maximum atomic E-state index is 5.77. The first-order chi connectivity index (χ1) is 9.56. The fourth-order valence-corrected chi connectivity index (χ4v) is 3.61. The molecule has 0 radical (unpaired) electrons. The number of benzene rings is 2. The van der Waals surface area contributed by atoms with Gasteiger partial charge in [-0.15, -0.1) is 0 Å². The summed E-state index contributed by atoms with van der Waals surface area (Å²) in [6, 6.07) is 13.0. The summed E-state index contributed by atoms with van der Waals surface area (Å²) in [6.45, 7) is 6.48. The molecule has 0 saturated carbocycles. The minimum atomic E-state index is 0.239. The molecule has 0 fully saturated rings. The van der Waals surface area contributed by atoms with E-state index in [1.54, 1.807) is 0 Å². The van der Waals surface area contributed by atoms with Gasteiger partial charge < -0.3 is 4.74 Å². The van der Waals surface area contributed by atoms with Crippen molar-refractivity contribution in [3.63, 3.8) is 0 Å². The number of rotatable bonds is 2. The van der Waals surface area contributed by atoms with Crippen LogP contribution in [0.5, 0.6) is 5.75 Å². The molecule has 0 saturated heterocycles. The van der Waals surface area contributed by atoms with Crippen LogP contribution in [0.3, 0.4) is 0 Å². The van der Waals surface area contributed by atoms with Crippen LogP contribution < -0.4 is 4.74 Å². The van der Waals surface area contributed by atoms with Gasteiger partial charge in [0.25, 0.3) is 0 Å². The molecule has 1 heterocycles. The predicted molar refractivity (Wildman–Crippen MR) is 86.9 cm³/mol. The lowest BCUT2D eigenvalue weighted by molar-refractivity contribution is 0.254. The monoisotopic (exact) mass is 330 g/mol. The average molecular weight is 331 g/mol. The van der Waals surface area contributed by atoms with Crippen molar-refractivity contribution >= 4 is 15.9 Å². The van der Waals surface area contributed by atoms with Gasteiger partial charge in [0.2, 0.25) is 0 Å². The molecule has 104 valence electrons. The maximum absolute atomic E-state index is 5.77. The van der Waals surface area contributed by atoms with Crippen molar-refractivity contribution < 1.29 is 4.74 Å². The molecule has 0 N–H and O–H groups in total. The van der Waals surface area contributed by atoms with Gasteiger partial charge in [0.15, 0.2) is 0 Å². The van der Waals surface area contributed by atoms with Gasteiger partial charge in [-0.2, -0.15) is 0 Å². The summed E-state index contributed by atoms with van der Waals surface area (Å²) in [5, 5.41) is 0. The molecule has 20 heavy (non-hydrogen) atoms. The lowest BCUT2D eigenvalue weighted by Gasteiger charge is -2.16. The molecule has 1 nitrogen and oxygen atoms in total. The molecule has 3 rings (SSSR count). The quantitative estimate of drug-likeness (QED) is 0.695. The molecule has 0 aliphatic carbocycles. The van der Waals surface area contributed by atoms with Gasteiger partial charge in [-0.05, 0) is 54.7 Å². The van der Waals surface area contributed by atoms with Gasteiger partial charge >= 0.3 is 0 Å². The number of hydrogen-bond donors (Lipinski definition) is 0. The number of hydrogen-bond acceptors (Lipinski definition) is 1. The van der Waals surface area contributed by atoms with Crippen LogP contribution in [0.15, 0.2) is 36.4 Å². The second kappa shape index (κ2) is 5.25. The Labute approximate surface area is 129 Å². The standard InChI is InChI=1S/C18H19BrO/c1-11-5-4-6-16(13(11)3)18(19)14-7-8-17-15(10-14)9-12(2)20-17/h4-8,10,12,18H,9H2,1-3H3. The van der Waals surface area contributed by atoms with Crippen molar-refractivity contribution in [1.82, 2.24) is 0 Å². The second-order valence-electron chi connectivity index (χ2n) is 5.65. The first kappa shape index (κ1) is 13.7. The summed E-state index contributed by atoms with van der Waals surface area (Å²) in [5.41, 5.74) is 6.67. The van der Waals surface area contributed by atoms with Crippen molar-refractivity contribution in [1.29, 1.82) is 0 Å².